The van der Waals surface area contributed by atoms with E-state index in [0.717, 1.165) is 0 Å². The van der Waals surface area contributed by atoms with Crippen molar-refractivity contribution in [2.24, 2.45) is 5.73 Å². The molecule has 1 heterocycles. The fourth-order valence-electron chi connectivity index (χ4n) is 1.76. The molecule has 0 aliphatic carbocycles. The number of halogens is 1. The number of amides is 1. The number of methoxy groups -OCH3 is 1. The van der Waals surface area contributed by atoms with Crippen LogP contribution in [-0.2, 0) is 14.3 Å². The highest BCUT2D eigenvalue weighted by Crippen LogP contribution is 2.21. The lowest BCUT2D eigenvalue weighted by molar-refractivity contribution is -0.146. The van der Waals surface area contributed by atoms with Gasteiger partial charge in [0.1, 0.15) is 11.6 Å². The molecule has 0 aromatic carbocycles. The Kier molecular flexibility index (Phi) is 5.89. The van der Waals surface area contributed by atoms with Crippen molar-refractivity contribution in [3.8, 4) is 0 Å². The first kappa shape index (κ1) is 17.0. The van der Waals surface area contributed by atoms with Gasteiger partial charge in [0, 0.05) is 12.6 Å². The third kappa shape index (κ3) is 4.03. The molecule has 0 saturated carbocycles. The van der Waals surface area contributed by atoms with Gasteiger partial charge in [-0.1, -0.05) is 0 Å². The van der Waals surface area contributed by atoms with Crippen LogP contribution in [0.2, 0.25) is 0 Å². The number of likely N-dealkylation sites (tertiary alicyclic amines) is 1. The molecular weight excluding hydrogens is 260 g/mol. The monoisotopic (exact) mass is 280 g/mol. The highest BCUT2D eigenvalue weighted by Gasteiger charge is 2.42. The van der Waals surface area contributed by atoms with Crippen LogP contribution in [-0.4, -0.2) is 48.3 Å². The molecule has 106 valence electrons. The van der Waals surface area contributed by atoms with Crippen LogP contribution in [0.3, 0.4) is 0 Å². The second kappa shape index (κ2) is 6.24. The Balaban J connectivity index is 0.00000289. The highest BCUT2D eigenvalue weighted by molar-refractivity contribution is 5.85. The lowest BCUT2D eigenvalue weighted by atomic mass is 10.1. The summed E-state index contributed by atoms with van der Waals surface area (Å²) in [5, 5.41) is 0. The molecule has 0 aromatic heterocycles. The number of esters is 1. The number of carbonyl (C=O) groups is 2. The molecule has 2 atom stereocenters. The lowest BCUT2D eigenvalue weighted by Gasteiger charge is -2.28. The van der Waals surface area contributed by atoms with E-state index in [-0.39, 0.29) is 12.4 Å². The van der Waals surface area contributed by atoms with Crippen LogP contribution in [0.1, 0.15) is 27.2 Å². The van der Waals surface area contributed by atoms with Crippen molar-refractivity contribution in [1.29, 1.82) is 0 Å². The van der Waals surface area contributed by atoms with Crippen LogP contribution in [0.25, 0.3) is 0 Å². The Hall–Kier alpha value is -1.01. The predicted octanol–water partition coefficient (Wildman–Crippen LogP) is 0.918. The molecule has 0 bridgehead atoms. The number of ether oxygens (including phenoxy) is 2. The van der Waals surface area contributed by atoms with E-state index < -0.39 is 29.7 Å². The van der Waals surface area contributed by atoms with E-state index in [1.165, 1.54) is 12.0 Å². The Labute approximate surface area is 113 Å². The molecule has 0 spiro atoms. The van der Waals surface area contributed by atoms with Crippen molar-refractivity contribution in [3.05, 3.63) is 0 Å². The largest absolute Gasteiger partial charge is 0.467 e. The van der Waals surface area contributed by atoms with E-state index in [0.29, 0.717) is 13.0 Å². The van der Waals surface area contributed by atoms with Crippen molar-refractivity contribution in [2.75, 3.05) is 13.7 Å². The smallest absolute Gasteiger partial charge is 0.411 e. The van der Waals surface area contributed by atoms with E-state index >= 15 is 0 Å². The lowest BCUT2D eigenvalue weighted by Crippen LogP contribution is -2.49. The van der Waals surface area contributed by atoms with Crippen LogP contribution < -0.4 is 5.73 Å². The number of nitrogens with two attached hydrogens (primary N) is 1. The molecule has 2 N–H and O–H groups in total. The summed E-state index contributed by atoms with van der Waals surface area (Å²) in [6.45, 7) is 5.73. The first-order valence-electron chi connectivity index (χ1n) is 5.59. The van der Waals surface area contributed by atoms with Gasteiger partial charge in [-0.2, -0.15) is 0 Å². The molecule has 1 amide bonds. The Morgan fingerprint density at radius 3 is 2.33 bits per heavy atom. The fourth-order valence-corrected chi connectivity index (χ4v) is 1.76. The SMILES string of the molecule is COC(=O)[C@@H]1[C@H](N)CCN1C(=O)OC(C)(C)C.Cl. The minimum atomic E-state index is -0.741. The molecule has 1 saturated heterocycles. The van der Waals surface area contributed by atoms with Crippen molar-refractivity contribution in [2.45, 2.75) is 44.9 Å². The van der Waals surface area contributed by atoms with Gasteiger partial charge in [-0.25, -0.2) is 9.59 Å². The van der Waals surface area contributed by atoms with E-state index in [4.69, 9.17) is 10.5 Å². The average Bonchev–Trinajstić information content (AvgIpc) is 2.56. The normalized spacial score (nSPS) is 23.3. The van der Waals surface area contributed by atoms with E-state index in [9.17, 15) is 9.59 Å². The van der Waals surface area contributed by atoms with Crippen molar-refractivity contribution in [3.63, 3.8) is 0 Å². The van der Waals surface area contributed by atoms with E-state index in [1.54, 1.807) is 20.8 Å². The van der Waals surface area contributed by atoms with Gasteiger partial charge in [0.2, 0.25) is 0 Å². The zero-order valence-corrected chi connectivity index (χ0v) is 12.0. The summed E-state index contributed by atoms with van der Waals surface area (Å²) in [6, 6.07) is -1.13. The maximum absolute atomic E-state index is 11.9. The van der Waals surface area contributed by atoms with Gasteiger partial charge in [-0.3, -0.25) is 4.90 Å². The molecule has 1 aliphatic rings. The maximum Gasteiger partial charge on any atom is 0.411 e. The van der Waals surface area contributed by atoms with Crippen molar-refractivity contribution >= 4 is 24.5 Å². The summed E-state index contributed by atoms with van der Waals surface area (Å²) >= 11 is 0. The zero-order chi connectivity index (χ0) is 13.2. The van der Waals surface area contributed by atoms with Gasteiger partial charge in [0.25, 0.3) is 0 Å². The predicted molar refractivity (Wildman–Crippen MR) is 68.6 cm³/mol. The number of nitrogens with zero attached hydrogens (tertiary/aromatic N) is 1. The average molecular weight is 281 g/mol. The summed E-state index contributed by atoms with van der Waals surface area (Å²) < 4.78 is 9.87. The Morgan fingerprint density at radius 2 is 1.89 bits per heavy atom. The number of carbonyl (C=O) groups excluding carboxylic acids is 2. The summed E-state index contributed by atoms with van der Waals surface area (Å²) in [7, 11) is 1.28. The van der Waals surface area contributed by atoms with Gasteiger partial charge in [0.15, 0.2) is 0 Å². The molecule has 0 unspecified atom stereocenters. The number of hydrogen-bond acceptors (Lipinski definition) is 5. The first-order valence-corrected chi connectivity index (χ1v) is 5.59. The van der Waals surface area contributed by atoms with Crippen LogP contribution in [0.5, 0.6) is 0 Å². The standard InChI is InChI=1S/C11H20N2O4.ClH/c1-11(2,3)17-10(15)13-6-5-7(12)8(13)9(14)16-4;/h7-8H,5-6,12H2,1-4H3;1H/t7-,8+;/m1./s1. The van der Waals surface area contributed by atoms with Crippen LogP contribution >= 0.6 is 12.4 Å². The minimum Gasteiger partial charge on any atom is -0.467 e. The molecule has 0 aromatic rings. The van der Waals surface area contributed by atoms with Crippen molar-refractivity contribution in [1.82, 2.24) is 4.90 Å². The zero-order valence-electron chi connectivity index (χ0n) is 11.1. The van der Waals surface area contributed by atoms with Gasteiger partial charge in [0.05, 0.1) is 7.11 Å². The molecule has 0 radical (unpaired) electrons. The van der Waals surface area contributed by atoms with Gasteiger partial charge in [-0.15, -0.1) is 12.4 Å². The first-order chi connectivity index (χ1) is 7.76. The third-order valence-corrected chi connectivity index (χ3v) is 2.52. The van der Waals surface area contributed by atoms with Crippen LogP contribution in [0.4, 0.5) is 4.79 Å². The summed E-state index contributed by atoms with van der Waals surface area (Å²) in [4.78, 5) is 24.8. The summed E-state index contributed by atoms with van der Waals surface area (Å²) in [6.07, 6.45) is 0.0415. The molecule has 1 fully saturated rings. The topological polar surface area (TPSA) is 81.9 Å². The molecule has 18 heavy (non-hydrogen) atoms. The van der Waals surface area contributed by atoms with E-state index in [2.05, 4.69) is 4.74 Å². The maximum atomic E-state index is 11.9. The second-order valence-corrected chi connectivity index (χ2v) is 5.09. The van der Waals surface area contributed by atoms with Crippen molar-refractivity contribution < 1.29 is 19.1 Å². The van der Waals surface area contributed by atoms with Gasteiger partial charge >= 0.3 is 12.1 Å². The van der Waals surface area contributed by atoms with Crippen LogP contribution in [0.15, 0.2) is 0 Å². The molecule has 7 heteroatoms. The second-order valence-electron chi connectivity index (χ2n) is 5.09. The molecule has 6 nitrogen and oxygen atoms in total. The van der Waals surface area contributed by atoms with Crippen LogP contribution in [0, 0.1) is 0 Å². The quantitative estimate of drug-likeness (QED) is 0.722. The van der Waals surface area contributed by atoms with Gasteiger partial charge < -0.3 is 15.2 Å². The minimum absolute atomic E-state index is 0. The molecule has 1 aliphatic heterocycles. The Morgan fingerprint density at radius 1 is 1.33 bits per heavy atom. The molecular formula is C11H21ClN2O4. The number of rotatable bonds is 1. The van der Waals surface area contributed by atoms with Gasteiger partial charge in [-0.05, 0) is 27.2 Å². The summed E-state index contributed by atoms with van der Waals surface area (Å²) in [5.41, 5.74) is 5.20. The highest BCUT2D eigenvalue weighted by atomic mass is 35.5. The fraction of sp³-hybridized carbons (Fsp3) is 0.818. The Bertz CT molecular complexity index is 317. The van der Waals surface area contributed by atoms with E-state index in [1.807, 2.05) is 0 Å². The summed E-state index contributed by atoms with van der Waals surface area (Å²) in [5.74, 6) is -0.499. The molecule has 1 rings (SSSR count). The number of hydrogen-bond donors (Lipinski definition) is 1. The third-order valence-electron chi connectivity index (χ3n) is 2.52.